The highest BCUT2D eigenvalue weighted by molar-refractivity contribution is 5.37. The number of aryl methyl sites for hydroxylation is 1. The third-order valence-electron chi connectivity index (χ3n) is 4.80. The van der Waals surface area contributed by atoms with Gasteiger partial charge in [-0.2, -0.15) is 0 Å². The van der Waals surface area contributed by atoms with E-state index >= 15 is 0 Å². The van der Waals surface area contributed by atoms with Gasteiger partial charge in [-0.25, -0.2) is 0 Å². The summed E-state index contributed by atoms with van der Waals surface area (Å²) in [5.41, 5.74) is 5.19. The van der Waals surface area contributed by atoms with Gasteiger partial charge in [0.1, 0.15) is 0 Å². The van der Waals surface area contributed by atoms with Crippen molar-refractivity contribution < 1.29 is 5.11 Å². The standard InChI is InChI=1S/C20H26N2O/c1-14(2)17-7-6-15-4-3-5-19(18(15)12-17)22-13-20(23)16-8-10-21-11-9-16/h6-12,14,19-20,22-23H,3-5,13H2,1-2H3. The fourth-order valence-electron chi connectivity index (χ4n) is 3.35. The number of nitrogens with zero attached hydrogens (tertiary/aromatic N) is 1. The topological polar surface area (TPSA) is 45.1 Å². The van der Waals surface area contributed by atoms with E-state index in [4.69, 9.17) is 0 Å². The average Bonchev–Trinajstić information content (AvgIpc) is 2.59. The molecule has 3 rings (SSSR count). The van der Waals surface area contributed by atoms with Crippen LogP contribution in [0.25, 0.3) is 0 Å². The smallest absolute Gasteiger partial charge is 0.0915 e. The molecule has 2 unspecified atom stereocenters. The molecule has 0 radical (unpaired) electrons. The van der Waals surface area contributed by atoms with Crippen LogP contribution >= 0.6 is 0 Å². The zero-order chi connectivity index (χ0) is 16.2. The van der Waals surface area contributed by atoms with Gasteiger partial charge in [0.05, 0.1) is 6.10 Å². The molecule has 1 aromatic heterocycles. The Morgan fingerprint density at radius 2 is 1.96 bits per heavy atom. The Bertz CT molecular complexity index is 639. The van der Waals surface area contributed by atoms with Crippen LogP contribution in [0.5, 0.6) is 0 Å². The molecule has 2 aromatic rings. The number of aliphatic hydroxyl groups excluding tert-OH is 1. The molecule has 2 atom stereocenters. The molecule has 122 valence electrons. The van der Waals surface area contributed by atoms with Crippen molar-refractivity contribution in [3.05, 3.63) is 65.0 Å². The van der Waals surface area contributed by atoms with Gasteiger partial charge in [-0.15, -0.1) is 0 Å². The molecule has 0 amide bonds. The molecule has 0 aliphatic heterocycles. The third-order valence-corrected chi connectivity index (χ3v) is 4.80. The van der Waals surface area contributed by atoms with E-state index < -0.39 is 6.10 Å². The molecule has 1 aromatic carbocycles. The molecule has 2 N–H and O–H groups in total. The largest absolute Gasteiger partial charge is 0.387 e. The normalized spacial score (nSPS) is 18.7. The second-order valence-electron chi connectivity index (χ2n) is 6.76. The van der Waals surface area contributed by atoms with Crippen LogP contribution < -0.4 is 5.32 Å². The number of aromatic nitrogens is 1. The minimum Gasteiger partial charge on any atom is -0.387 e. The predicted molar refractivity (Wildman–Crippen MR) is 93.4 cm³/mol. The summed E-state index contributed by atoms with van der Waals surface area (Å²) in [6, 6.07) is 11.0. The number of pyridine rings is 1. The molecule has 1 heterocycles. The van der Waals surface area contributed by atoms with Crippen LogP contribution in [0.1, 0.15) is 67.0 Å². The van der Waals surface area contributed by atoms with E-state index in [1.165, 1.54) is 29.5 Å². The first kappa shape index (κ1) is 16.2. The maximum absolute atomic E-state index is 10.4. The average molecular weight is 310 g/mol. The monoisotopic (exact) mass is 310 g/mol. The third kappa shape index (κ3) is 3.80. The quantitative estimate of drug-likeness (QED) is 0.880. The second kappa shape index (κ2) is 7.24. The van der Waals surface area contributed by atoms with Crippen LogP contribution in [0.4, 0.5) is 0 Å². The van der Waals surface area contributed by atoms with Gasteiger partial charge in [-0.05, 0) is 59.6 Å². The molecular formula is C20H26N2O. The van der Waals surface area contributed by atoms with Crippen molar-refractivity contribution in [2.45, 2.75) is 51.2 Å². The van der Waals surface area contributed by atoms with Crippen LogP contribution in [0, 0.1) is 0 Å². The van der Waals surface area contributed by atoms with Gasteiger partial charge in [0, 0.05) is 25.0 Å². The molecule has 0 saturated carbocycles. The molecule has 23 heavy (non-hydrogen) atoms. The molecule has 3 nitrogen and oxygen atoms in total. The fourth-order valence-corrected chi connectivity index (χ4v) is 3.35. The van der Waals surface area contributed by atoms with Crippen molar-refractivity contribution in [1.29, 1.82) is 0 Å². The predicted octanol–water partition coefficient (Wildman–Crippen LogP) is 3.91. The van der Waals surface area contributed by atoms with E-state index in [0.29, 0.717) is 18.5 Å². The summed E-state index contributed by atoms with van der Waals surface area (Å²) in [6.45, 7) is 5.04. The van der Waals surface area contributed by atoms with Crippen LogP contribution in [0.3, 0.4) is 0 Å². The van der Waals surface area contributed by atoms with Crippen molar-refractivity contribution in [2.75, 3.05) is 6.54 Å². The van der Waals surface area contributed by atoms with Gasteiger partial charge in [0.2, 0.25) is 0 Å². The van der Waals surface area contributed by atoms with Gasteiger partial charge in [-0.1, -0.05) is 32.0 Å². The van der Waals surface area contributed by atoms with E-state index in [9.17, 15) is 5.11 Å². The molecule has 0 fully saturated rings. The lowest BCUT2D eigenvalue weighted by atomic mass is 9.85. The van der Waals surface area contributed by atoms with Crippen LogP contribution in [-0.4, -0.2) is 16.6 Å². The van der Waals surface area contributed by atoms with E-state index in [1.54, 1.807) is 12.4 Å². The molecule has 0 saturated heterocycles. The Hall–Kier alpha value is -1.71. The minimum atomic E-state index is -0.489. The number of hydrogen-bond donors (Lipinski definition) is 2. The van der Waals surface area contributed by atoms with Gasteiger partial charge >= 0.3 is 0 Å². The van der Waals surface area contributed by atoms with Crippen molar-refractivity contribution in [2.24, 2.45) is 0 Å². The van der Waals surface area contributed by atoms with E-state index in [-0.39, 0.29) is 0 Å². The zero-order valence-electron chi connectivity index (χ0n) is 14.0. The first-order valence-corrected chi connectivity index (χ1v) is 8.59. The second-order valence-corrected chi connectivity index (χ2v) is 6.76. The summed E-state index contributed by atoms with van der Waals surface area (Å²) in [7, 11) is 0. The number of hydrogen-bond acceptors (Lipinski definition) is 3. The summed E-state index contributed by atoms with van der Waals surface area (Å²) >= 11 is 0. The minimum absolute atomic E-state index is 0.342. The maximum atomic E-state index is 10.4. The highest BCUT2D eigenvalue weighted by atomic mass is 16.3. The number of fused-ring (bicyclic) bond motifs is 1. The van der Waals surface area contributed by atoms with E-state index in [0.717, 1.165) is 12.0 Å². The zero-order valence-corrected chi connectivity index (χ0v) is 14.0. The van der Waals surface area contributed by atoms with E-state index in [1.807, 2.05) is 12.1 Å². The summed E-state index contributed by atoms with van der Waals surface area (Å²) in [6.07, 6.45) is 6.47. The summed E-state index contributed by atoms with van der Waals surface area (Å²) in [5, 5.41) is 13.9. The number of nitrogens with one attached hydrogen (secondary N) is 1. The lowest BCUT2D eigenvalue weighted by molar-refractivity contribution is 0.168. The van der Waals surface area contributed by atoms with E-state index in [2.05, 4.69) is 42.3 Å². The summed E-state index contributed by atoms with van der Waals surface area (Å²) in [4.78, 5) is 4.00. The van der Waals surface area contributed by atoms with Crippen LogP contribution in [0.15, 0.2) is 42.7 Å². The van der Waals surface area contributed by atoms with Crippen molar-refractivity contribution in [1.82, 2.24) is 10.3 Å². The molecule has 0 bridgehead atoms. The maximum Gasteiger partial charge on any atom is 0.0915 e. The van der Waals surface area contributed by atoms with Crippen LogP contribution in [-0.2, 0) is 6.42 Å². The van der Waals surface area contributed by atoms with Gasteiger partial charge < -0.3 is 10.4 Å². The van der Waals surface area contributed by atoms with Crippen molar-refractivity contribution >= 4 is 0 Å². The first-order chi connectivity index (χ1) is 11.1. The molecule has 0 spiro atoms. The SMILES string of the molecule is CC(C)c1ccc2c(c1)C(NCC(O)c1ccncc1)CCC2. The Labute approximate surface area is 138 Å². The van der Waals surface area contributed by atoms with Crippen LogP contribution in [0.2, 0.25) is 0 Å². The lowest BCUT2D eigenvalue weighted by Crippen LogP contribution is -2.29. The lowest BCUT2D eigenvalue weighted by Gasteiger charge is -2.28. The van der Waals surface area contributed by atoms with Crippen molar-refractivity contribution in [3.8, 4) is 0 Å². The number of rotatable bonds is 5. The Balaban J connectivity index is 1.71. The summed E-state index contributed by atoms with van der Waals surface area (Å²) < 4.78 is 0. The Morgan fingerprint density at radius 3 is 2.70 bits per heavy atom. The number of aliphatic hydroxyl groups is 1. The highest BCUT2D eigenvalue weighted by Crippen LogP contribution is 2.32. The van der Waals surface area contributed by atoms with Gasteiger partial charge in [0.25, 0.3) is 0 Å². The summed E-state index contributed by atoms with van der Waals surface area (Å²) in [5.74, 6) is 0.547. The fraction of sp³-hybridized carbons (Fsp3) is 0.450. The molecule has 1 aliphatic carbocycles. The highest BCUT2D eigenvalue weighted by Gasteiger charge is 2.21. The first-order valence-electron chi connectivity index (χ1n) is 8.59. The Morgan fingerprint density at radius 1 is 1.17 bits per heavy atom. The molecular weight excluding hydrogens is 284 g/mol. The molecule has 3 heteroatoms. The van der Waals surface area contributed by atoms with Gasteiger partial charge in [-0.3, -0.25) is 4.98 Å². The van der Waals surface area contributed by atoms with Gasteiger partial charge in [0.15, 0.2) is 0 Å². The molecule has 1 aliphatic rings. The number of benzene rings is 1. The van der Waals surface area contributed by atoms with Crippen molar-refractivity contribution in [3.63, 3.8) is 0 Å². The Kier molecular flexibility index (Phi) is 5.09.